The predicted molar refractivity (Wildman–Crippen MR) is 209 cm³/mol. The second-order valence-corrected chi connectivity index (χ2v) is 15.2. The zero-order chi connectivity index (χ0) is 40.9. The number of ketones is 1. The minimum Gasteiger partial charge on any atom is -0.491 e. The van der Waals surface area contributed by atoms with Crippen molar-refractivity contribution in [2.24, 2.45) is 5.92 Å². The molecule has 2 aromatic carbocycles. The number of nitrogens with zero attached hydrogens (tertiary/aromatic N) is 2. The van der Waals surface area contributed by atoms with Crippen LogP contribution in [0.1, 0.15) is 81.9 Å². The number of aryl methyl sites for hydroxylation is 1. The number of hydrogen-bond acceptors (Lipinski definition) is 9. The van der Waals surface area contributed by atoms with Crippen molar-refractivity contribution >= 4 is 41.2 Å². The first-order valence-electron chi connectivity index (χ1n) is 20.1. The summed E-state index contributed by atoms with van der Waals surface area (Å²) in [5, 5.41) is 10.7. The highest BCUT2D eigenvalue weighted by molar-refractivity contribution is 6.38. The Kier molecular flexibility index (Phi) is 15.6. The molecule has 2 aromatic rings. The van der Waals surface area contributed by atoms with Gasteiger partial charge in [-0.05, 0) is 54.9 Å². The summed E-state index contributed by atoms with van der Waals surface area (Å²) in [4.78, 5) is 97.2. The maximum atomic E-state index is 14.5. The molecule has 0 spiro atoms. The molecule has 2 heterocycles. The van der Waals surface area contributed by atoms with Crippen LogP contribution in [0.3, 0.4) is 0 Å². The molecule has 1 saturated carbocycles. The van der Waals surface area contributed by atoms with Crippen LogP contribution in [0.25, 0.3) is 0 Å². The summed E-state index contributed by atoms with van der Waals surface area (Å²) < 4.78 is 12.0. The third-order valence-corrected chi connectivity index (χ3v) is 10.8. The Balaban J connectivity index is 1.28. The highest BCUT2D eigenvalue weighted by Gasteiger charge is 2.45. The lowest BCUT2D eigenvalue weighted by molar-refractivity contribution is -0.144. The van der Waals surface area contributed by atoms with Gasteiger partial charge in [0.25, 0.3) is 5.91 Å². The highest BCUT2D eigenvalue weighted by atomic mass is 16.5. The fourth-order valence-electron chi connectivity index (χ4n) is 7.74. The largest absolute Gasteiger partial charge is 0.491 e. The first-order valence-corrected chi connectivity index (χ1v) is 20.1. The molecule has 308 valence electrons. The average molecular weight is 789 g/mol. The molecule has 0 aromatic heterocycles. The summed E-state index contributed by atoms with van der Waals surface area (Å²) in [6.07, 6.45) is 5.22. The summed E-state index contributed by atoms with van der Waals surface area (Å²) in [5.41, 5.74) is 1.48. The van der Waals surface area contributed by atoms with Crippen molar-refractivity contribution in [2.75, 3.05) is 40.4 Å². The lowest BCUT2D eigenvalue weighted by atomic mass is 9.83. The zero-order valence-electron chi connectivity index (χ0n) is 33.1. The number of amides is 6. The van der Waals surface area contributed by atoms with Crippen LogP contribution in [0.2, 0.25) is 0 Å². The average Bonchev–Trinajstić information content (AvgIpc) is 3.66. The van der Waals surface area contributed by atoms with Gasteiger partial charge in [-0.3, -0.25) is 33.6 Å². The first-order chi connectivity index (χ1) is 27.4. The molecule has 0 radical (unpaired) electrons. The lowest BCUT2D eigenvalue weighted by Gasteiger charge is -2.35. The maximum absolute atomic E-state index is 14.5. The van der Waals surface area contributed by atoms with Crippen LogP contribution < -0.4 is 26.0 Å². The molecular formula is C42H56N6O9. The van der Waals surface area contributed by atoms with Gasteiger partial charge >= 0.3 is 0 Å². The number of nitrogens with one attached hydrogen (secondary N) is 4. The van der Waals surface area contributed by atoms with E-state index >= 15 is 0 Å². The fourth-order valence-corrected chi connectivity index (χ4v) is 7.74. The molecule has 15 nitrogen and oxygen atoms in total. The molecule has 4 N–H and O–H groups in total. The van der Waals surface area contributed by atoms with Gasteiger partial charge in [0.2, 0.25) is 35.3 Å². The maximum Gasteiger partial charge on any atom is 0.290 e. The molecule has 2 aliphatic heterocycles. The van der Waals surface area contributed by atoms with Crippen LogP contribution in [0.4, 0.5) is 0 Å². The van der Waals surface area contributed by atoms with Gasteiger partial charge in [0.15, 0.2) is 0 Å². The summed E-state index contributed by atoms with van der Waals surface area (Å²) in [7, 11) is 3.12. The van der Waals surface area contributed by atoms with Crippen molar-refractivity contribution in [3.63, 3.8) is 0 Å². The van der Waals surface area contributed by atoms with E-state index in [2.05, 4.69) is 21.3 Å². The van der Waals surface area contributed by atoms with Gasteiger partial charge in [-0.25, -0.2) is 0 Å². The van der Waals surface area contributed by atoms with E-state index in [9.17, 15) is 33.6 Å². The third-order valence-electron chi connectivity index (χ3n) is 10.8. The predicted octanol–water partition coefficient (Wildman–Crippen LogP) is 1.98. The van der Waals surface area contributed by atoms with Crippen molar-refractivity contribution in [2.45, 2.75) is 101 Å². The normalized spacial score (nSPS) is 21.6. The van der Waals surface area contributed by atoms with Crippen LogP contribution in [0, 0.1) is 5.92 Å². The molecule has 0 unspecified atom stereocenters. The smallest absolute Gasteiger partial charge is 0.290 e. The molecule has 3 aliphatic rings. The Labute approximate surface area is 333 Å². The SMILES string of the molecule is CCC[C@H](NC(=O)[C@@H]1C[C@@H]2CN1C(=O)[C@H](C1CCCCC1)NC(=O)CCc1cccc(c1)OCCO2)C(=O)C(=O)NCC(=O)N[C@H](C(=O)N(C)C)c1ccccc1. The van der Waals surface area contributed by atoms with Crippen molar-refractivity contribution in [3.05, 3.63) is 65.7 Å². The standard InChI is InChI=1S/C42H56N6O9/c1-4-12-32(38(51)40(53)43-25-35(50)46-36(41(54)47(2)3)28-14-7-5-8-15-28)44-39(52)33-24-31-26-48(33)42(55)37(29-16-9-6-10-17-29)45-34(49)20-19-27-13-11-18-30(23-27)56-21-22-57-31/h5,7-8,11,13-15,18,23,29,31-33,36-37H,4,6,9-10,12,16-17,19-22,24-26H2,1-3H3,(H,43,53)(H,44,52)(H,45,49)(H,46,50)/t31-,32+,33+,36+,37+/m1/s1. The summed E-state index contributed by atoms with van der Waals surface area (Å²) >= 11 is 0. The Hall–Kier alpha value is -5.31. The molecule has 5 rings (SSSR count). The van der Waals surface area contributed by atoms with Gasteiger partial charge < -0.3 is 40.5 Å². The monoisotopic (exact) mass is 788 g/mol. The van der Waals surface area contributed by atoms with Gasteiger partial charge in [0.05, 0.1) is 25.3 Å². The quantitative estimate of drug-likeness (QED) is 0.233. The number of hydrogen-bond donors (Lipinski definition) is 4. The van der Waals surface area contributed by atoms with Gasteiger partial charge in [-0.2, -0.15) is 0 Å². The number of ether oxygens (including phenoxy) is 2. The van der Waals surface area contributed by atoms with E-state index in [0.29, 0.717) is 24.2 Å². The van der Waals surface area contributed by atoms with Crippen LogP contribution >= 0.6 is 0 Å². The summed E-state index contributed by atoms with van der Waals surface area (Å²) in [5.74, 6) is -3.83. The number of benzene rings is 2. The summed E-state index contributed by atoms with van der Waals surface area (Å²) in [6.45, 7) is 1.73. The molecule has 5 atom stereocenters. The van der Waals surface area contributed by atoms with E-state index in [1.165, 1.54) is 9.80 Å². The molecule has 1 aliphatic carbocycles. The van der Waals surface area contributed by atoms with E-state index in [0.717, 1.165) is 37.7 Å². The van der Waals surface area contributed by atoms with E-state index in [-0.39, 0.29) is 62.7 Å². The zero-order valence-corrected chi connectivity index (χ0v) is 33.1. The van der Waals surface area contributed by atoms with Gasteiger partial charge in [-0.15, -0.1) is 0 Å². The van der Waals surface area contributed by atoms with E-state index in [1.807, 2.05) is 24.3 Å². The van der Waals surface area contributed by atoms with E-state index in [1.54, 1.807) is 51.4 Å². The Morgan fingerprint density at radius 2 is 1.68 bits per heavy atom. The lowest BCUT2D eigenvalue weighted by Crippen LogP contribution is -2.58. The molecule has 2 fully saturated rings. The number of carbonyl (C=O) groups is 7. The van der Waals surface area contributed by atoms with E-state index < -0.39 is 60.3 Å². The Morgan fingerprint density at radius 1 is 0.930 bits per heavy atom. The Morgan fingerprint density at radius 3 is 2.40 bits per heavy atom. The van der Waals surface area contributed by atoms with Crippen molar-refractivity contribution < 1.29 is 43.0 Å². The highest BCUT2D eigenvalue weighted by Crippen LogP contribution is 2.30. The molecule has 6 amide bonds. The van der Waals surface area contributed by atoms with Crippen LogP contribution in [-0.2, 0) is 44.7 Å². The third kappa shape index (κ3) is 11.9. The van der Waals surface area contributed by atoms with Gasteiger partial charge in [0, 0.05) is 33.5 Å². The molecule has 57 heavy (non-hydrogen) atoms. The fraction of sp³-hybridized carbons (Fsp3) is 0.548. The van der Waals surface area contributed by atoms with Gasteiger partial charge in [0.1, 0.15) is 30.5 Å². The molecular weight excluding hydrogens is 732 g/mol. The van der Waals surface area contributed by atoms with Crippen molar-refractivity contribution in [1.29, 1.82) is 0 Å². The minimum atomic E-state index is -1.24. The number of likely N-dealkylation sites (N-methyl/N-ethyl adjacent to an activating group) is 1. The number of rotatable bonds is 12. The molecule has 4 bridgehead atoms. The van der Waals surface area contributed by atoms with Crippen LogP contribution in [0.5, 0.6) is 5.75 Å². The number of fused-ring (bicyclic) bond motifs is 4. The number of Topliss-reactive ketones (excluding diaryl/α,β-unsaturated/α-hetero) is 1. The van der Waals surface area contributed by atoms with Crippen molar-refractivity contribution in [3.8, 4) is 5.75 Å². The second-order valence-electron chi connectivity index (χ2n) is 15.2. The van der Waals surface area contributed by atoms with Crippen LogP contribution in [-0.4, -0.2) is 116 Å². The van der Waals surface area contributed by atoms with Crippen LogP contribution in [0.15, 0.2) is 54.6 Å². The summed E-state index contributed by atoms with van der Waals surface area (Å²) in [6, 6.07) is 12.0. The number of carbonyl (C=O) groups excluding carboxylic acids is 7. The van der Waals surface area contributed by atoms with E-state index in [4.69, 9.17) is 9.47 Å². The molecule has 15 heteroatoms. The second kappa shape index (κ2) is 20.7. The minimum absolute atomic E-state index is 0.0911. The first kappa shape index (κ1) is 42.8. The Bertz CT molecular complexity index is 1750. The van der Waals surface area contributed by atoms with Gasteiger partial charge in [-0.1, -0.05) is 75.1 Å². The topological polar surface area (TPSA) is 193 Å². The molecule has 1 saturated heterocycles. The van der Waals surface area contributed by atoms with Crippen molar-refractivity contribution in [1.82, 2.24) is 31.1 Å².